The second kappa shape index (κ2) is 9.05. The monoisotopic (exact) mass is 367 g/mol. The molecule has 27 heavy (non-hydrogen) atoms. The van der Waals surface area contributed by atoms with Crippen molar-refractivity contribution in [3.8, 4) is 5.75 Å². The highest BCUT2D eigenvalue weighted by Crippen LogP contribution is 2.42. The summed E-state index contributed by atoms with van der Waals surface area (Å²) in [6, 6.07) is 17.1. The number of fused-ring (bicyclic) bond motifs is 1. The number of aryl methyl sites for hydroxylation is 1. The third-order valence-electron chi connectivity index (χ3n) is 5.35. The molecule has 2 atom stereocenters. The quantitative estimate of drug-likeness (QED) is 0.696. The molecule has 4 heteroatoms. The van der Waals surface area contributed by atoms with Crippen molar-refractivity contribution in [2.45, 2.75) is 25.7 Å². The Morgan fingerprint density at radius 2 is 1.96 bits per heavy atom. The Hall–Kier alpha value is -2.33. The Kier molecular flexibility index (Phi) is 6.51. The fourth-order valence-corrected chi connectivity index (χ4v) is 4.19. The van der Waals surface area contributed by atoms with E-state index in [0.717, 1.165) is 25.1 Å². The van der Waals surface area contributed by atoms with Crippen LogP contribution in [-0.2, 0) is 16.0 Å². The number of hydrogen-bond donors (Lipinski definition) is 0. The van der Waals surface area contributed by atoms with Crippen LogP contribution >= 0.6 is 0 Å². The van der Waals surface area contributed by atoms with Gasteiger partial charge in [-0.1, -0.05) is 36.4 Å². The van der Waals surface area contributed by atoms with Crippen LogP contribution < -0.4 is 4.74 Å². The molecule has 0 heterocycles. The maximum absolute atomic E-state index is 11.8. The van der Waals surface area contributed by atoms with Crippen molar-refractivity contribution in [1.29, 1.82) is 0 Å². The summed E-state index contributed by atoms with van der Waals surface area (Å²) in [6.07, 6.45) is 2.13. The SMILES string of the molecule is CCOC(=O)CN(C)CC1CCc2cc(OC)ccc2C1c1ccccc1. The van der Waals surface area contributed by atoms with Crippen molar-refractivity contribution >= 4 is 5.97 Å². The van der Waals surface area contributed by atoms with Crippen LogP contribution in [0.2, 0.25) is 0 Å². The molecule has 1 aliphatic rings. The minimum Gasteiger partial charge on any atom is -0.497 e. The van der Waals surface area contributed by atoms with Gasteiger partial charge in [-0.05, 0) is 61.6 Å². The third-order valence-corrected chi connectivity index (χ3v) is 5.35. The molecular weight excluding hydrogens is 338 g/mol. The van der Waals surface area contributed by atoms with Crippen molar-refractivity contribution in [2.75, 3.05) is 33.9 Å². The molecule has 144 valence electrons. The Bertz CT molecular complexity index is 759. The lowest BCUT2D eigenvalue weighted by molar-refractivity contribution is -0.144. The lowest BCUT2D eigenvalue weighted by Gasteiger charge is -2.36. The van der Waals surface area contributed by atoms with E-state index in [1.807, 2.05) is 14.0 Å². The summed E-state index contributed by atoms with van der Waals surface area (Å²) in [4.78, 5) is 13.9. The number of methoxy groups -OCH3 is 1. The van der Waals surface area contributed by atoms with Gasteiger partial charge < -0.3 is 9.47 Å². The highest BCUT2D eigenvalue weighted by Gasteiger charge is 2.32. The van der Waals surface area contributed by atoms with E-state index in [1.54, 1.807) is 7.11 Å². The lowest BCUT2D eigenvalue weighted by atomic mass is 9.71. The molecule has 0 bridgehead atoms. The van der Waals surface area contributed by atoms with Gasteiger partial charge in [0.1, 0.15) is 5.75 Å². The van der Waals surface area contributed by atoms with E-state index in [2.05, 4.69) is 53.4 Å². The first-order valence-corrected chi connectivity index (χ1v) is 9.68. The fourth-order valence-electron chi connectivity index (χ4n) is 4.19. The Morgan fingerprint density at radius 3 is 2.67 bits per heavy atom. The molecule has 3 rings (SSSR count). The summed E-state index contributed by atoms with van der Waals surface area (Å²) in [5, 5.41) is 0. The van der Waals surface area contributed by atoms with Crippen LogP contribution in [0.4, 0.5) is 0 Å². The zero-order valence-corrected chi connectivity index (χ0v) is 16.5. The van der Waals surface area contributed by atoms with Gasteiger partial charge in [0.2, 0.25) is 0 Å². The Labute approximate surface area is 162 Å². The first-order chi connectivity index (χ1) is 13.1. The highest BCUT2D eigenvalue weighted by molar-refractivity contribution is 5.71. The zero-order valence-electron chi connectivity index (χ0n) is 16.5. The highest BCUT2D eigenvalue weighted by atomic mass is 16.5. The Balaban J connectivity index is 1.85. The number of nitrogens with zero attached hydrogens (tertiary/aromatic N) is 1. The van der Waals surface area contributed by atoms with E-state index in [9.17, 15) is 4.79 Å². The maximum Gasteiger partial charge on any atom is 0.320 e. The average molecular weight is 367 g/mol. The van der Waals surface area contributed by atoms with Gasteiger partial charge in [0.15, 0.2) is 0 Å². The maximum atomic E-state index is 11.8. The van der Waals surface area contributed by atoms with E-state index < -0.39 is 0 Å². The number of carbonyl (C=O) groups excluding carboxylic acids is 1. The van der Waals surface area contributed by atoms with Crippen LogP contribution in [0.25, 0.3) is 0 Å². The summed E-state index contributed by atoms with van der Waals surface area (Å²) in [7, 11) is 3.72. The molecule has 0 fully saturated rings. The van der Waals surface area contributed by atoms with Gasteiger partial charge in [-0.25, -0.2) is 0 Å². The molecule has 2 aromatic rings. The Morgan fingerprint density at radius 1 is 1.19 bits per heavy atom. The normalized spacial score (nSPS) is 18.8. The first kappa shape index (κ1) is 19.4. The van der Waals surface area contributed by atoms with Gasteiger partial charge in [0.05, 0.1) is 20.3 Å². The fraction of sp³-hybridized carbons (Fsp3) is 0.435. The first-order valence-electron chi connectivity index (χ1n) is 9.68. The molecular formula is C23H29NO3. The van der Waals surface area contributed by atoms with E-state index in [-0.39, 0.29) is 5.97 Å². The van der Waals surface area contributed by atoms with Gasteiger partial charge >= 0.3 is 5.97 Å². The molecule has 0 saturated carbocycles. The van der Waals surface area contributed by atoms with Crippen LogP contribution in [-0.4, -0.2) is 44.7 Å². The minimum atomic E-state index is -0.155. The van der Waals surface area contributed by atoms with Crippen LogP contribution in [0, 0.1) is 5.92 Å². The van der Waals surface area contributed by atoms with Crippen LogP contribution in [0.15, 0.2) is 48.5 Å². The predicted octanol–water partition coefficient (Wildman–Crippen LogP) is 3.88. The third kappa shape index (κ3) is 4.69. The number of carbonyl (C=O) groups is 1. The molecule has 0 amide bonds. The van der Waals surface area contributed by atoms with E-state index in [0.29, 0.717) is 25.0 Å². The van der Waals surface area contributed by atoms with Crippen LogP contribution in [0.1, 0.15) is 36.0 Å². The number of ether oxygens (including phenoxy) is 2. The largest absolute Gasteiger partial charge is 0.497 e. The summed E-state index contributed by atoms with van der Waals surface area (Å²) < 4.78 is 10.5. The van der Waals surface area contributed by atoms with Gasteiger partial charge in [0.25, 0.3) is 0 Å². The summed E-state index contributed by atoms with van der Waals surface area (Å²) in [5.41, 5.74) is 4.08. The second-order valence-electron chi connectivity index (χ2n) is 7.25. The molecule has 0 radical (unpaired) electrons. The number of esters is 1. The van der Waals surface area contributed by atoms with Gasteiger partial charge in [-0.2, -0.15) is 0 Å². The smallest absolute Gasteiger partial charge is 0.320 e. The second-order valence-corrected chi connectivity index (χ2v) is 7.25. The summed E-state index contributed by atoms with van der Waals surface area (Å²) >= 11 is 0. The number of benzene rings is 2. The predicted molar refractivity (Wildman–Crippen MR) is 107 cm³/mol. The molecule has 0 saturated heterocycles. The van der Waals surface area contributed by atoms with E-state index >= 15 is 0 Å². The number of hydrogen-bond acceptors (Lipinski definition) is 4. The molecule has 4 nitrogen and oxygen atoms in total. The molecule has 0 N–H and O–H groups in total. The minimum absolute atomic E-state index is 0.155. The van der Waals surface area contributed by atoms with Crippen molar-refractivity contribution in [2.24, 2.45) is 5.92 Å². The molecule has 0 aromatic heterocycles. The molecule has 0 aliphatic heterocycles. The molecule has 2 unspecified atom stereocenters. The number of likely N-dealkylation sites (N-methyl/N-ethyl adjacent to an activating group) is 1. The van der Waals surface area contributed by atoms with Gasteiger partial charge in [0, 0.05) is 12.5 Å². The molecule has 2 aromatic carbocycles. The molecule has 0 spiro atoms. The van der Waals surface area contributed by atoms with E-state index in [1.165, 1.54) is 16.7 Å². The number of rotatable bonds is 7. The van der Waals surface area contributed by atoms with Crippen LogP contribution in [0.3, 0.4) is 0 Å². The zero-order chi connectivity index (χ0) is 19.2. The van der Waals surface area contributed by atoms with Crippen molar-refractivity contribution in [3.63, 3.8) is 0 Å². The lowest BCUT2D eigenvalue weighted by Crippen LogP contribution is -2.36. The van der Waals surface area contributed by atoms with Crippen LogP contribution in [0.5, 0.6) is 5.75 Å². The van der Waals surface area contributed by atoms with Gasteiger partial charge in [-0.3, -0.25) is 9.69 Å². The summed E-state index contributed by atoms with van der Waals surface area (Å²) in [6.45, 7) is 3.47. The topological polar surface area (TPSA) is 38.8 Å². The summed E-state index contributed by atoms with van der Waals surface area (Å²) in [5.74, 6) is 1.54. The van der Waals surface area contributed by atoms with Crippen molar-refractivity contribution in [1.82, 2.24) is 4.90 Å². The standard InChI is InChI=1S/C23H29NO3/c1-4-27-22(25)16-24(2)15-19-11-10-18-14-20(26-3)12-13-21(18)23(19)17-8-6-5-7-9-17/h5-9,12-14,19,23H,4,10-11,15-16H2,1-3H3. The van der Waals surface area contributed by atoms with Crippen molar-refractivity contribution < 1.29 is 14.3 Å². The van der Waals surface area contributed by atoms with E-state index in [4.69, 9.17) is 9.47 Å². The molecule has 1 aliphatic carbocycles. The van der Waals surface area contributed by atoms with Crippen molar-refractivity contribution in [3.05, 3.63) is 65.2 Å². The van der Waals surface area contributed by atoms with Gasteiger partial charge in [-0.15, -0.1) is 0 Å². The average Bonchev–Trinajstić information content (AvgIpc) is 2.68.